The Morgan fingerprint density at radius 2 is 2.09 bits per heavy atom. The second-order valence-corrected chi connectivity index (χ2v) is 8.28. The molecule has 0 spiro atoms. The lowest BCUT2D eigenvalue weighted by Crippen LogP contribution is -2.32. The first-order valence-electron chi connectivity index (χ1n) is 10.9. The largest absolute Gasteiger partial charge is 0.376 e. The molecule has 5 rings (SSSR count). The van der Waals surface area contributed by atoms with Crippen molar-refractivity contribution in [3.63, 3.8) is 0 Å². The van der Waals surface area contributed by atoms with Crippen LogP contribution < -0.4 is 5.32 Å². The molecule has 32 heavy (non-hydrogen) atoms. The summed E-state index contributed by atoms with van der Waals surface area (Å²) in [5.74, 6) is -0.173. The molecule has 1 N–H and O–H groups in total. The smallest absolute Gasteiger partial charge is 0.270 e. The quantitative estimate of drug-likeness (QED) is 0.508. The molecule has 0 radical (unpaired) electrons. The minimum Gasteiger partial charge on any atom is -0.376 e. The monoisotopic (exact) mass is 430 g/mol. The van der Waals surface area contributed by atoms with Gasteiger partial charge < -0.3 is 14.6 Å². The van der Waals surface area contributed by atoms with Crippen LogP contribution in [0.3, 0.4) is 0 Å². The van der Waals surface area contributed by atoms with Crippen LogP contribution in [0.1, 0.15) is 34.5 Å². The van der Waals surface area contributed by atoms with Crippen molar-refractivity contribution in [2.24, 2.45) is 14.1 Å². The van der Waals surface area contributed by atoms with E-state index in [9.17, 15) is 4.79 Å². The lowest BCUT2D eigenvalue weighted by atomic mass is 10.0. The van der Waals surface area contributed by atoms with Gasteiger partial charge in [0.05, 0.1) is 11.8 Å². The van der Waals surface area contributed by atoms with E-state index in [1.165, 1.54) is 0 Å². The second-order valence-electron chi connectivity index (χ2n) is 8.28. The average Bonchev–Trinajstić information content (AvgIpc) is 3.55. The third-order valence-electron chi connectivity index (χ3n) is 5.87. The Labute approximate surface area is 186 Å². The molecule has 1 saturated heterocycles. The molecule has 0 saturated carbocycles. The number of carbonyl (C=O) groups is 1. The van der Waals surface area contributed by atoms with E-state index in [4.69, 9.17) is 4.74 Å². The Hall–Kier alpha value is -3.52. The number of ether oxygens (including phenoxy) is 1. The fourth-order valence-corrected chi connectivity index (χ4v) is 4.12. The standard InChI is InChI=1S/C24H26N6O2/c1-29-9-7-19-17(12-16-5-6-20(25-14-16)21-8-10-30(2)28-21)13-22(27-23(19)29)24(31)26-15-18-4-3-11-32-18/h5-10,13-14,18H,3-4,11-12,15H2,1-2H3,(H,26,31)/t18-/m0/s1. The third kappa shape index (κ3) is 4.13. The van der Waals surface area contributed by atoms with E-state index in [1.807, 2.05) is 61.5 Å². The van der Waals surface area contributed by atoms with Crippen molar-refractivity contribution in [2.45, 2.75) is 25.4 Å². The highest BCUT2D eigenvalue weighted by atomic mass is 16.5. The van der Waals surface area contributed by atoms with Crippen molar-refractivity contribution >= 4 is 16.9 Å². The first-order chi connectivity index (χ1) is 15.6. The van der Waals surface area contributed by atoms with Gasteiger partial charge in [-0.3, -0.25) is 14.5 Å². The van der Waals surface area contributed by atoms with Crippen molar-refractivity contribution in [1.82, 2.24) is 29.6 Å². The summed E-state index contributed by atoms with van der Waals surface area (Å²) in [7, 11) is 3.83. The highest BCUT2D eigenvalue weighted by molar-refractivity contribution is 5.95. The minimum absolute atomic E-state index is 0.0980. The number of aromatic nitrogens is 5. The van der Waals surface area contributed by atoms with E-state index in [2.05, 4.69) is 26.4 Å². The van der Waals surface area contributed by atoms with Crippen LogP contribution in [0.4, 0.5) is 0 Å². The number of aryl methyl sites for hydroxylation is 2. The molecule has 1 amide bonds. The number of hydrogen-bond acceptors (Lipinski definition) is 5. The van der Waals surface area contributed by atoms with Crippen LogP contribution in [0.25, 0.3) is 22.4 Å². The maximum absolute atomic E-state index is 12.8. The number of rotatable bonds is 6. The van der Waals surface area contributed by atoms with Crippen LogP contribution in [-0.2, 0) is 25.3 Å². The molecule has 4 aromatic rings. The fourth-order valence-electron chi connectivity index (χ4n) is 4.12. The molecular weight excluding hydrogens is 404 g/mol. The second kappa shape index (κ2) is 8.55. The zero-order valence-corrected chi connectivity index (χ0v) is 18.3. The summed E-state index contributed by atoms with van der Waals surface area (Å²) in [5.41, 5.74) is 5.01. The van der Waals surface area contributed by atoms with Crippen molar-refractivity contribution in [2.75, 3.05) is 13.2 Å². The normalized spacial score (nSPS) is 16.0. The Kier molecular flexibility index (Phi) is 5.45. The van der Waals surface area contributed by atoms with Gasteiger partial charge in [0.15, 0.2) is 0 Å². The molecule has 0 aromatic carbocycles. The lowest BCUT2D eigenvalue weighted by Gasteiger charge is -2.12. The molecule has 8 heteroatoms. The summed E-state index contributed by atoms with van der Waals surface area (Å²) in [5, 5.41) is 8.42. The summed E-state index contributed by atoms with van der Waals surface area (Å²) < 4.78 is 9.32. The van der Waals surface area contributed by atoms with Gasteiger partial charge in [0, 0.05) is 51.2 Å². The predicted octanol–water partition coefficient (Wildman–Crippen LogP) is 2.87. The zero-order chi connectivity index (χ0) is 22.1. The van der Waals surface area contributed by atoms with Crippen LogP contribution in [-0.4, -0.2) is 49.5 Å². The minimum atomic E-state index is -0.173. The van der Waals surface area contributed by atoms with Gasteiger partial charge in [-0.1, -0.05) is 6.07 Å². The zero-order valence-electron chi connectivity index (χ0n) is 18.3. The van der Waals surface area contributed by atoms with Crippen LogP contribution in [0.5, 0.6) is 0 Å². The van der Waals surface area contributed by atoms with Gasteiger partial charge in [-0.2, -0.15) is 5.10 Å². The van der Waals surface area contributed by atoms with Crippen molar-refractivity contribution < 1.29 is 9.53 Å². The van der Waals surface area contributed by atoms with Gasteiger partial charge in [-0.15, -0.1) is 0 Å². The number of amides is 1. The summed E-state index contributed by atoms with van der Waals surface area (Å²) in [6.07, 6.45) is 8.53. The summed E-state index contributed by atoms with van der Waals surface area (Å²) in [6, 6.07) is 9.92. The Morgan fingerprint density at radius 3 is 2.81 bits per heavy atom. The molecule has 1 aliphatic heterocycles. The number of nitrogens with one attached hydrogen (secondary N) is 1. The molecule has 0 unspecified atom stereocenters. The Morgan fingerprint density at radius 1 is 1.19 bits per heavy atom. The van der Waals surface area contributed by atoms with Gasteiger partial charge >= 0.3 is 0 Å². The van der Waals surface area contributed by atoms with E-state index in [0.717, 1.165) is 53.0 Å². The maximum atomic E-state index is 12.8. The predicted molar refractivity (Wildman–Crippen MR) is 121 cm³/mol. The number of fused-ring (bicyclic) bond motifs is 1. The first kappa shape index (κ1) is 20.4. The molecule has 0 bridgehead atoms. The van der Waals surface area contributed by atoms with Gasteiger partial charge in [0.2, 0.25) is 0 Å². The Balaban J connectivity index is 1.39. The lowest BCUT2D eigenvalue weighted by molar-refractivity contribution is 0.0854. The third-order valence-corrected chi connectivity index (χ3v) is 5.87. The average molecular weight is 431 g/mol. The number of pyridine rings is 2. The van der Waals surface area contributed by atoms with E-state index in [0.29, 0.717) is 18.7 Å². The van der Waals surface area contributed by atoms with Crippen LogP contribution >= 0.6 is 0 Å². The number of nitrogens with zero attached hydrogens (tertiary/aromatic N) is 5. The van der Waals surface area contributed by atoms with Crippen molar-refractivity contribution in [3.8, 4) is 11.4 Å². The van der Waals surface area contributed by atoms with Crippen LogP contribution in [0.15, 0.2) is 48.9 Å². The van der Waals surface area contributed by atoms with Gasteiger partial charge in [0.1, 0.15) is 17.0 Å². The van der Waals surface area contributed by atoms with E-state index in [1.54, 1.807) is 4.68 Å². The molecule has 8 nitrogen and oxygen atoms in total. The Bertz CT molecular complexity index is 1250. The van der Waals surface area contributed by atoms with E-state index < -0.39 is 0 Å². The molecule has 1 atom stereocenters. The van der Waals surface area contributed by atoms with Crippen LogP contribution in [0, 0.1) is 0 Å². The maximum Gasteiger partial charge on any atom is 0.270 e. The van der Waals surface area contributed by atoms with Gasteiger partial charge in [-0.05, 0) is 54.7 Å². The summed E-state index contributed by atoms with van der Waals surface area (Å²) in [6.45, 7) is 1.28. The molecule has 0 aliphatic carbocycles. The summed E-state index contributed by atoms with van der Waals surface area (Å²) >= 11 is 0. The molecule has 164 valence electrons. The topological polar surface area (TPSA) is 86.9 Å². The molecule has 4 aromatic heterocycles. The van der Waals surface area contributed by atoms with Crippen molar-refractivity contribution in [1.29, 1.82) is 0 Å². The van der Waals surface area contributed by atoms with Gasteiger partial charge in [0.25, 0.3) is 5.91 Å². The van der Waals surface area contributed by atoms with E-state index >= 15 is 0 Å². The highest BCUT2D eigenvalue weighted by Gasteiger charge is 2.19. The van der Waals surface area contributed by atoms with Gasteiger partial charge in [-0.25, -0.2) is 4.98 Å². The van der Waals surface area contributed by atoms with Crippen molar-refractivity contribution in [3.05, 3.63) is 65.7 Å². The first-order valence-corrected chi connectivity index (χ1v) is 10.9. The number of carbonyl (C=O) groups excluding carboxylic acids is 1. The molecular formula is C24H26N6O2. The molecule has 1 fully saturated rings. The van der Waals surface area contributed by atoms with Crippen LogP contribution in [0.2, 0.25) is 0 Å². The number of hydrogen-bond donors (Lipinski definition) is 1. The molecule has 1 aliphatic rings. The van der Waals surface area contributed by atoms with E-state index in [-0.39, 0.29) is 12.0 Å². The highest BCUT2D eigenvalue weighted by Crippen LogP contribution is 2.23. The SMILES string of the molecule is Cn1ccc(-c2ccc(Cc3cc(C(=O)NC[C@@H]4CCCO4)nc4c3ccn4C)cn2)n1. The fraction of sp³-hybridized carbons (Fsp3) is 0.333. The molecule has 5 heterocycles. The summed E-state index contributed by atoms with van der Waals surface area (Å²) in [4.78, 5) is 22.0.